The largest absolute Gasteiger partial charge is 0.480 e. The van der Waals surface area contributed by atoms with Crippen LogP contribution in [-0.4, -0.2) is 38.7 Å². The average molecular weight is 432 g/mol. The molecule has 11 heteroatoms. The molecule has 0 atom stereocenters. The monoisotopic (exact) mass is 432 g/mol. The lowest BCUT2D eigenvalue weighted by molar-refractivity contribution is -0.136. The van der Waals surface area contributed by atoms with Crippen molar-refractivity contribution in [2.24, 2.45) is 0 Å². The van der Waals surface area contributed by atoms with Gasteiger partial charge in [0.15, 0.2) is 5.75 Å². The third-order valence-corrected chi connectivity index (χ3v) is 4.46. The molecule has 0 bridgehead atoms. The highest BCUT2D eigenvalue weighted by Gasteiger charge is 2.19. The highest BCUT2D eigenvalue weighted by molar-refractivity contribution is 7.92. The van der Waals surface area contributed by atoms with E-state index in [1.54, 1.807) is 30.3 Å². The number of anilines is 2. The number of aliphatic carboxylic acids is 1. The van der Waals surface area contributed by atoms with E-state index in [1.807, 2.05) is 0 Å². The second kappa shape index (κ2) is 8.25. The molecule has 2 aromatic carbocycles. The second-order valence-electron chi connectivity index (χ2n) is 6.21. The van der Waals surface area contributed by atoms with Crippen LogP contribution in [0.2, 0.25) is 0 Å². The van der Waals surface area contributed by atoms with E-state index in [2.05, 4.69) is 4.72 Å². The number of carboxylic acid groups (broad SMARTS) is 1. The van der Waals surface area contributed by atoms with Crippen LogP contribution in [0.5, 0.6) is 11.5 Å². The lowest BCUT2D eigenvalue weighted by Gasteiger charge is -2.16. The van der Waals surface area contributed by atoms with Gasteiger partial charge in [-0.2, -0.15) is 0 Å². The Morgan fingerprint density at radius 3 is 2.57 bits per heavy atom. The Labute approximate surface area is 170 Å². The van der Waals surface area contributed by atoms with Crippen LogP contribution in [0.25, 0.3) is 11.0 Å². The van der Waals surface area contributed by atoms with E-state index in [4.69, 9.17) is 14.3 Å². The summed E-state index contributed by atoms with van der Waals surface area (Å²) in [4.78, 5) is 35.7. The summed E-state index contributed by atoms with van der Waals surface area (Å²) in [5.41, 5.74) is -0.929. The van der Waals surface area contributed by atoms with E-state index in [1.165, 1.54) is 12.1 Å². The van der Waals surface area contributed by atoms with Gasteiger partial charge in [-0.1, -0.05) is 18.2 Å². The number of para-hydroxylation sites is 1. The molecule has 156 valence electrons. The number of nitrogens with zero attached hydrogens (tertiary/aromatic N) is 1. The fourth-order valence-electron chi connectivity index (χ4n) is 2.65. The fourth-order valence-corrected chi connectivity index (χ4v) is 3.21. The van der Waals surface area contributed by atoms with Gasteiger partial charge in [-0.05, 0) is 18.2 Å². The van der Waals surface area contributed by atoms with Crippen molar-refractivity contribution in [2.45, 2.75) is 0 Å². The summed E-state index contributed by atoms with van der Waals surface area (Å²) in [5.74, 6) is -0.920. The Hall–Kier alpha value is -3.86. The fraction of sp³-hybridized carbons (Fsp3) is 0.105. The van der Waals surface area contributed by atoms with Crippen LogP contribution in [0, 0.1) is 0 Å². The average Bonchev–Trinajstić information content (AvgIpc) is 2.67. The van der Waals surface area contributed by atoms with Gasteiger partial charge in [-0.25, -0.2) is 8.42 Å². The van der Waals surface area contributed by atoms with Crippen LogP contribution >= 0.6 is 0 Å². The SMILES string of the molecule is CS(=O)(=O)Nc1cc2occ(N(C=O)CC(=O)O)c(=O)c2cc1Oc1ccccc1. The number of carbonyl (C=O) groups is 2. The summed E-state index contributed by atoms with van der Waals surface area (Å²) in [7, 11) is -3.68. The molecule has 0 fully saturated rings. The van der Waals surface area contributed by atoms with Gasteiger partial charge >= 0.3 is 5.97 Å². The molecule has 0 aliphatic heterocycles. The summed E-state index contributed by atoms with van der Waals surface area (Å²) in [6.07, 6.45) is 2.09. The molecular formula is C19H16N2O8S. The minimum Gasteiger partial charge on any atom is -0.480 e. The zero-order valence-corrected chi connectivity index (χ0v) is 16.4. The normalized spacial score (nSPS) is 11.1. The van der Waals surface area contributed by atoms with Crippen molar-refractivity contribution in [2.75, 3.05) is 22.4 Å². The lowest BCUT2D eigenvalue weighted by Crippen LogP contribution is -2.31. The first-order valence-corrected chi connectivity index (χ1v) is 10.3. The number of benzene rings is 2. The summed E-state index contributed by atoms with van der Waals surface area (Å²) in [5, 5.41) is 8.88. The van der Waals surface area contributed by atoms with E-state index in [0.717, 1.165) is 12.5 Å². The molecule has 3 aromatic rings. The quantitative estimate of drug-likeness (QED) is 0.515. The number of amides is 1. The smallest absolute Gasteiger partial charge is 0.323 e. The van der Waals surface area contributed by atoms with Gasteiger partial charge in [0.25, 0.3) is 0 Å². The first-order chi connectivity index (χ1) is 14.2. The number of rotatable bonds is 8. The number of fused-ring (bicyclic) bond motifs is 1. The van der Waals surface area contributed by atoms with E-state index >= 15 is 0 Å². The molecule has 3 rings (SSSR count). The molecule has 2 N–H and O–H groups in total. The van der Waals surface area contributed by atoms with Crippen LogP contribution in [0.3, 0.4) is 0 Å². The molecule has 0 radical (unpaired) electrons. The highest BCUT2D eigenvalue weighted by Crippen LogP contribution is 2.34. The summed E-state index contributed by atoms with van der Waals surface area (Å²) in [6, 6.07) is 11.0. The Morgan fingerprint density at radius 2 is 1.97 bits per heavy atom. The van der Waals surface area contributed by atoms with Crippen LogP contribution in [0.4, 0.5) is 11.4 Å². The molecule has 0 aliphatic rings. The predicted octanol–water partition coefficient (Wildman–Crippen LogP) is 2.00. The van der Waals surface area contributed by atoms with Crippen molar-refractivity contribution >= 4 is 44.7 Å². The first kappa shape index (κ1) is 20.9. The molecule has 1 aromatic heterocycles. The molecule has 0 saturated carbocycles. The van der Waals surface area contributed by atoms with Gasteiger partial charge in [0.1, 0.15) is 29.8 Å². The van der Waals surface area contributed by atoms with Crippen LogP contribution in [-0.2, 0) is 19.6 Å². The molecule has 1 heterocycles. The van der Waals surface area contributed by atoms with E-state index in [0.29, 0.717) is 10.6 Å². The van der Waals surface area contributed by atoms with Crippen LogP contribution in [0.15, 0.2) is 57.9 Å². The maximum absolute atomic E-state index is 12.9. The van der Waals surface area contributed by atoms with Gasteiger partial charge in [0.2, 0.25) is 21.9 Å². The number of hydrogen-bond acceptors (Lipinski definition) is 7. The first-order valence-electron chi connectivity index (χ1n) is 8.42. The van der Waals surface area contributed by atoms with Gasteiger partial charge < -0.3 is 14.3 Å². The predicted molar refractivity (Wildman–Crippen MR) is 109 cm³/mol. The van der Waals surface area contributed by atoms with Gasteiger partial charge in [-0.3, -0.25) is 24.0 Å². The zero-order valence-electron chi connectivity index (χ0n) is 15.6. The molecule has 0 saturated heterocycles. The van der Waals surface area contributed by atoms with Crippen molar-refractivity contribution in [3.05, 3.63) is 59.0 Å². The lowest BCUT2D eigenvalue weighted by atomic mass is 10.1. The van der Waals surface area contributed by atoms with Crippen molar-refractivity contribution in [3.63, 3.8) is 0 Å². The van der Waals surface area contributed by atoms with Crippen molar-refractivity contribution in [3.8, 4) is 11.5 Å². The minimum atomic E-state index is -3.68. The maximum atomic E-state index is 12.9. The Balaban J connectivity index is 2.18. The van der Waals surface area contributed by atoms with Crippen LogP contribution < -0.4 is 19.8 Å². The van der Waals surface area contributed by atoms with Gasteiger partial charge in [-0.15, -0.1) is 0 Å². The molecule has 1 amide bonds. The number of carboxylic acids is 1. The van der Waals surface area contributed by atoms with Gasteiger partial charge in [0, 0.05) is 6.07 Å². The van der Waals surface area contributed by atoms with Gasteiger partial charge in [0.05, 0.1) is 17.3 Å². The number of sulfonamides is 1. The van der Waals surface area contributed by atoms with Crippen LogP contribution in [0.1, 0.15) is 0 Å². The zero-order chi connectivity index (χ0) is 21.9. The topological polar surface area (TPSA) is 143 Å². The maximum Gasteiger partial charge on any atom is 0.323 e. The Kier molecular flexibility index (Phi) is 5.74. The van der Waals surface area contributed by atoms with Crippen molar-refractivity contribution < 1.29 is 32.3 Å². The summed E-state index contributed by atoms with van der Waals surface area (Å²) >= 11 is 0. The van der Waals surface area contributed by atoms with E-state index in [9.17, 15) is 22.8 Å². The molecule has 0 unspecified atom stereocenters. The number of nitrogens with one attached hydrogen (secondary N) is 1. The molecule has 0 aliphatic carbocycles. The Bertz CT molecular complexity index is 1270. The number of hydrogen-bond donors (Lipinski definition) is 2. The highest BCUT2D eigenvalue weighted by atomic mass is 32.2. The summed E-state index contributed by atoms with van der Waals surface area (Å²) < 4.78 is 36.9. The van der Waals surface area contributed by atoms with Crippen molar-refractivity contribution in [1.82, 2.24) is 0 Å². The summed E-state index contributed by atoms with van der Waals surface area (Å²) in [6.45, 7) is -0.735. The number of carbonyl (C=O) groups excluding carboxylic acids is 1. The molecule has 0 spiro atoms. The van der Waals surface area contributed by atoms with E-state index < -0.39 is 28.0 Å². The van der Waals surface area contributed by atoms with Crippen molar-refractivity contribution in [1.29, 1.82) is 0 Å². The third kappa shape index (κ3) is 4.75. The standard InChI is InChI=1S/C19H16N2O8S/c1-30(26,27)20-14-8-16-13(7-17(14)29-12-5-3-2-4-6-12)19(25)15(10-28-16)21(11-22)9-18(23)24/h2-8,10-11,20H,9H2,1H3,(H,23,24). The third-order valence-electron chi connectivity index (χ3n) is 3.87. The minimum absolute atomic E-state index is 0.0106. The second-order valence-corrected chi connectivity index (χ2v) is 7.96. The Morgan fingerprint density at radius 1 is 1.27 bits per heavy atom. The molecular weight excluding hydrogens is 416 g/mol. The molecule has 10 nitrogen and oxygen atoms in total. The number of ether oxygens (including phenoxy) is 1. The molecule has 30 heavy (non-hydrogen) atoms. The van der Waals surface area contributed by atoms with E-state index in [-0.39, 0.29) is 34.5 Å².